The number of anilines is 1. The predicted molar refractivity (Wildman–Crippen MR) is 98.7 cm³/mol. The van der Waals surface area contributed by atoms with Crippen molar-refractivity contribution in [1.82, 2.24) is 4.90 Å². The zero-order valence-corrected chi connectivity index (χ0v) is 15.5. The van der Waals surface area contributed by atoms with E-state index in [4.69, 9.17) is 5.73 Å². The summed E-state index contributed by atoms with van der Waals surface area (Å²) < 4.78 is 14.3. The van der Waals surface area contributed by atoms with E-state index in [1.54, 1.807) is 19.1 Å². The Morgan fingerprint density at radius 1 is 1.08 bits per heavy atom. The number of benzene rings is 1. The number of nitrogens with two attached hydrogens (primary N) is 1. The van der Waals surface area contributed by atoms with Crippen molar-refractivity contribution in [3.05, 3.63) is 41.4 Å². The summed E-state index contributed by atoms with van der Waals surface area (Å²) in [6.45, 7) is 9.61. The molecule has 1 amide bonds. The van der Waals surface area contributed by atoms with E-state index in [2.05, 4.69) is 4.90 Å². The largest absolute Gasteiger partial charge is 0.401 e. The summed E-state index contributed by atoms with van der Waals surface area (Å²) in [4.78, 5) is 28.4. The SMILES string of the molecule is CCC(N)=C(C(C)=O)C(=O)N(CCN(CC)CC)c1ccccc1F. The van der Waals surface area contributed by atoms with Gasteiger partial charge in [0.15, 0.2) is 5.78 Å². The molecule has 5 nitrogen and oxygen atoms in total. The van der Waals surface area contributed by atoms with Crippen LogP contribution in [-0.2, 0) is 9.59 Å². The molecule has 0 spiro atoms. The van der Waals surface area contributed by atoms with Gasteiger partial charge in [-0.3, -0.25) is 9.59 Å². The highest BCUT2D eigenvalue weighted by atomic mass is 19.1. The van der Waals surface area contributed by atoms with Gasteiger partial charge in [0.05, 0.1) is 5.69 Å². The lowest BCUT2D eigenvalue weighted by Crippen LogP contribution is -2.41. The molecule has 1 aromatic rings. The normalized spacial score (nSPS) is 12.1. The second-order valence-corrected chi connectivity index (χ2v) is 5.75. The van der Waals surface area contributed by atoms with Gasteiger partial charge in [-0.15, -0.1) is 0 Å². The van der Waals surface area contributed by atoms with Gasteiger partial charge in [-0.05, 0) is 38.6 Å². The van der Waals surface area contributed by atoms with Crippen LogP contribution in [0.2, 0.25) is 0 Å². The number of rotatable bonds is 9. The summed E-state index contributed by atoms with van der Waals surface area (Å²) in [5.74, 6) is -1.47. The summed E-state index contributed by atoms with van der Waals surface area (Å²) in [6.07, 6.45) is 0.377. The molecule has 0 saturated carbocycles. The summed E-state index contributed by atoms with van der Waals surface area (Å²) >= 11 is 0. The lowest BCUT2D eigenvalue weighted by atomic mass is 10.1. The van der Waals surface area contributed by atoms with Crippen molar-refractivity contribution in [3.8, 4) is 0 Å². The van der Waals surface area contributed by atoms with Gasteiger partial charge in [0.1, 0.15) is 11.4 Å². The molecule has 0 aliphatic heterocycles. The highest BCUT2D eigenvalue weighted by molar-refractivity contribution is 6.24. The van der Waals surface area contributed by atoms with Crippen LogP contribution in [0.5, 0.6) is 0 Å². The first kappa shape index (κ1) is 20.8. The van der Waals surface area contributed by atoms with Crippen molar-refractivity contribution < 1.29 is 14.0 Å². The topological polar surface area (TPSA) is 66.6 Å². The molecule has 138 valence electrons. The average molecular weight is 349 g/mol. The minimum absolute atomic E-state index is 0.0645. The highest BCUT2D eigenvalue weighted by Crippen LogP contribution is 2.22. The summed E-state index contributed by atoms with van der Waals surface area (Å²) in [5.41, 5.74) is 6.20. The predicted octanol–water partition coefficient (Wildman–Crippen LogP) is 2.71. The molecule has 0 saturated heterocycles. The standard InChI is InChI=1S/C19H28FN3O2/c1-5-16(21)18(14(4)24)19(25)23(13-12-22(6-2)7-3)17-11-9-8-10-15(17)20/h8-11H,5-7,12-13,21H2,1-4H3. The second kappa shape index (κ2) is 9.93. The third-order valence-electron chi connectivity index (χ3n) is 4.19. The molecule has 0 aliphatic rings. The Morgan fingerprint density at radius 3 is 2.16 bits per heavy atom. The highest BCUT2D eigenvalue weighted by Gasteiger charge is 2.27. The van der Waals surface area contributed by atoms with E-state index in [-0.39, 0.29) is 23.5 Å². The molecule has 0 unspecified atom stereocenters. The van der Waals surface area contributed by atoms with Gasteiger partial charge in [0.2, 0.25) is 0 Å². The monoisotopic (exact) mass is 349 g/mol. The Labute approximate surface area is 149 Å². The maximum Gasteiger partial charge on any atom is 0.263 e. The number of carbonyl (C=O) groups excluding carboxylic acids is 2. The van der Waals surface area contributed by atoms with Gasteiger partial charge in [-0.2, -0.15) is 0 Å². The van der Waals surface area contributed by atoms with Crippen LogP contribution in [0.1, 0.15) is 34.1 Å². The minimum atomic E-state index is -0.552. The van der Waals surface area contributed by atoms with E-state index in [0.717, 1.165) is 13.1 Å². The molecule has 0 bridgehead atoms. The van der Waals surface area contributed by atoms with E-state index in [1.807, 2.05) is 13.8 Å². The van der Waals surface area contributed by atoms with Crippen molar-refractivity contribution in [2.75, 3.05) is 31.1 Å². The molecule has 0 heterocycles. The number of halogens is 1. The molecule has 25 heavy (non-hydrogen) atoms. The molecule has 0 atom stereocenters. The third-order valence-corrected chi connectivity index (χ3v) is 4.19. The zero-order chi connectivity index (χ0) is 19.0. The fraction of sp³-hybridized carbons (Fsp3) is 0.474. The minimum Gasteiger partial charge on any atom is -0.401 e. The van der Waals surface area contributed by atoms with Gasteiger partial charge in [-0.25, -0.2) is 4.39 Å². The first-order valence-corrected chi connectivity index (χ1v) is 8.65. The maximum atomic E-state index is 14.3. The summed E-state index contributed by atoms with van der Waals surface area (Å²) in [7, 11) is 0. The molecule has 0 aromatic heterocycles. The molecule has 1 aromatic carbocycles. The van der Waals surface area contributed by atoms with Gasteiger partial charge >= 0.3 is 0 Å². The summed E-state index contributed by atoms with van der Waals surface area (Å²) in [5, 5.41) is 0. The van der Waals surface area contributed by atoms with E-state index < -0.39 is 17.5 Å². The Balaban J connectivity index is 3.28. The molecule has 0 aliphatic carbocycles. The van der Waals surface area contributed by atoms with Crippen LogP contribution in [0.4, 0.5) is 10.1 Å². The zero-order valence-electron chi connectivity index (χ0n) is 15.5. The van der Waals surface area contributed by atoms with E-state index in [0.29, 0.717) is 13.0 Å². The molecule has 1 rings (SSSR count). The summed E-state index contributed by atoms with van der Waals surface area (Å²) in [6, 6.07) is 6.06. The fourth-order valence-electron chi connectivity index (χ4n) is 2.61. The van der Waals surface area contributed by atoms with Gasteiger partial charge in [0.25, 0.3) is 5.91 Å². The molecule has 0 radical (unpaired) electrons. The Hall–Kier alpha value is -2.21. The number of para-hydroxylation sites is 1. The molecular formula is C19H28FN3O2. The first-order valence-electron chi connectivity index (χ1n) is 8.65. The van der Waals surface area contributed by atoms with Crippen LogP contribution in [0.25, 0.3) is 0 Å². The van der Waals surface area contributed by atoms with Crippen molar-refractivity contribution in [2.45, 2.75) is 34.1 Å². The lowest BCUT2D eigenvalue weighted by Gasteiger charge is -2.27. The van der Waals surface area contributed by atoms with Crippen LogP contribution in [0, 0.1) is 5.82 Å². The number of hydrogen-bond donors (Lipinski definition) is 1. The molecule has 6 heteroatoms. The first-order chi connectivity index (χ1) is 11.9. The van der Waals surface area contributed by atoms with Crippen molar-refractivity contribution in [1.29, 1.82) is 0 Å². The van der Waals surface area contributed by atoms with Crippen LogP contribution >= 0.6 is 0 Å². The number of carbonyl (C=O) groups is 2. The van der Waals surface area contributed by atoms with E-state index in [1.165, 1.54) is 24.0 Å². The molecule has 0 fully saturated rings. The maximum absolute atomic E-state index is 14.3. The van der Waals surface area contributed by atoms with Crippen molar-refractivity contribution >= 4 is 17.4 Å². The molecular weight excluding hydrogens is 321 g/mol. The smallest absolute Gasteiger partial charge is 0.263 e. The van der Waals surface area contributed by atoms with Crippen LogP contribution < -0.4 is 10.6 Å². The number of Topliss-reactive ketones (excluding diaryl/α,β-unsaturated/α-hetero) is 1. The number of allylic oxidation sites excluding steroid dienone is 1. The van der Waals surface area contributed by atoms with Crippen LogP contribution in [-0.4, -0.2) is 42.8 Å². The quantitative estimate of drug-likeness (QED) is 0.423. The van der Waals surface area contributed by atoms with Crippen molar-refractivity contribution in [2.24, 2.45) is 5.73 Å². The number of nitrogens with zero attached hydrogens (tertiary/aromatic N) is 2. The average Bonchev–Trinajstić information content (AvgIpc) is 2.59. The van der Waals surface area contributed by atoms with Crippen molar-refractivity contribution in [3.63, 3.8) is 0 Å². The van der Waals surface area contributed by atoms with Crippen LogP contribution in [0.15, 0.2) is 35.5 Å². The lowest BCUT2D eigenvalue weighted by molar-refractivity contribution is -0.120. The number of hydrogen-bond acceptors (Lipinski definition) is 4. The Bertz CT molecular complexity index is 639. The van der Waals surface area contributed by atoms with Gasteiger partial charge < -0.3 is 15.5 Å². The fourth-order valence-corrected chi connectivity index (χ4v) is 2.61. The Kier molecular flexibility index (Phi) is 8.28. The Morgan fingerprint density at radius 2 is 1.68 bits per heavy atom. The van der Waals surface area contributed by atoms with E-state index >= 15 is 0 Å². The van der Waals surface area contributed by atoms with Crippen LogP contribution in [0.3, 0.4) is 0 Å². The van der Waals surface area contributed by atoms with E-state index in [9.17, 15) is 14.0 Å². The number of likely N-dealkylation sites (N-methyl/N-ethyl adjacent to an activating group) is 1. The number of ketones is 1. The third kappa shape index (κ3) is 5.39. The second-order valence-electron chi connectivity index (χ2n) is 5.75. The van der Waals surface area contributed by atoms with Gasteiger partial charge in [-0.1, -0.05) is 32.9 Å². The number of amides is 1. The van der Waals surface area contributed by atoms with Gasteiger partial charge in [0, 0.05) is 18.8 Å². The molecule has 2 N–H and O–H groups in total.